The average Bonchev–Trinajstić information content (AvgIpc) is 3.04. The first kappa shape index (κ1) is 20.1. The third kappa shape index (κ3) is 3.95. The van der Waals surface area contributed by atoms with E-state index >= 15 is 0 Å². The van der Waals surface area contributed by atoms with Crippen LogP contribution in [-0.2, 0) is 4.74 Å². The van der Waals surface area contributed by atoms with E-state index in [1.807, 2.05) is 56.4 Å². The molecular formula is C25H28O3. The van der Waals surface area contributed by atoms with E-state index < -0.39 is 6.10 Å². The largest absolute Gasteiger partial charge is 0.423 e. The number of hydrogen-bond donors (Lipinski definition) is 1. The Hall–Kier alpha value is -2.65. The molecule has 1 N–H and O–H groups in total. The first-order valence-corrected chi connectivity index (χ1v) is 9.79. The molecule has 0 bridgehead atoms. The van der Waals surface area contributed by atoms with Crippen molar-refractivity contribution in [3.8, 4) is 0 Å². The summed E-state index contributed by atoms with van der Waals surface area (Å²) in [6.07, 6.45) is 13.5. The zero-order valence-corrected chi connectivity index (χ0v) is 16.9. The normalized spacial score (nSPS) is 23.1. The minimum absolute atomic E-state index is 0.154. The van der Waals surface area contributed by atoms with E-state index in [1.165, 1.54) is 5.57 Å². The van der Waals surface area contributed by atoms with Gasteiger partial charge in [-0.25, -0.2) is 4.79 Å². The van der Waals surface area contributed by atoms with E-state index in [0.717, 1.165) is 5.57 Å². The van der Waals surface area contributed by atoms with Gasteiger partial charge in [-0.2, -0.15) is 0 Å². The molecule has 0 spiro atoms. The zero-order chi connectivity index (χ0) is 20.3. The van der Waals surface area contributed by atoms with Crippen molar-refractivity contribution in [1.29, 1.82) is 0 Å². The van der Waals surface area contributed by atoms with Crippen LogP contribution < -0.4 is 0 Å². The molecular weight excluding hydrogens is 348 g/mol. The second kappa shape index (κ2) is 8.15. The number of aliphatic hydroxyl groups excluding tert-OH is 1. The number of aliphatic hydroxyl groups is 1. The molecule has 28 heavy (non-hydrogen) atoms. The molecule has 146 valence electrons. The number of carbonyl (C=O) groups excluding carboxylic acids is 1. The predicted octanol–water partition coefficient (Wildman–Crippen LogP) is 5.38. The van der Waals surface area contributed by atoms with Crippen molar-refractivity contribution in [1.82, 2.24) is 0 Å². The van der Waals surface area contributed by atoms with Gasteiger partial charge in [0.1, 0.15) is 5.76 Å². The van der Waals surface area contributed by atoms with E-state index in [1.54, 1.807) is 12.1 Å². The summed E-state index contributed by atoms with van der Waals surface area (Å²) in [7, 11) is 0. The van der Waals surface area contributed by atoms with Gasteiger partial charge in [0.15, 0.2) is 0 Å². The molecule has 1 unspecified atom stereocenters. The summed E-state index contributed by atoms with van der Waals surface area (Å²) in [5.74, 6) is 0.572. The topological polar surface area (TPSA) is 46.5 Å². The van der Waals surface area contributed by atoms with E-state index in [4.69, 9.17) is 4.74 Å². The van der Waals surface area contributed by atoms with Gasteiger partial charge in [-0.3, -0.25) is 0 Å². The Bertz CT molecular complexity index is 884. The molecule has 0 radical (unpaired) electrons. The fourth-order valence-corrected chi connectivity index (χ4v) is 3.67. The van der Waals surface area contributed by atoms with Crippen molar-refractivity contribution in [3.05, 3.63) is 95.3 Å². The van der Waals surface area contributed by atoms with Crippen LogP contribution in [-0.4, -0.2) is 17.2 Å². The van der Waals surface area contributed by atoms with Gasteiger partial charge >= 0.3 is 5.97 Å². The summed E-state index contributed by atoms with van der Waals surface area (Å²) >= 11 is 0. The van der Waals surface area contributed by atoms with E-state index in [9.17, 15) is 9.90 Å². The van der Waals surface area contributed by atoms with Gasteiger partial charge in [0, 0.05) is 11.0 Å². The third-order valence-corrected chi connectivity index (χ3v) is 5.51. The first-order valence-electron chi connectivity index (χ1n) is 9.79. The van der Waals surface area contributed by atoms with Gasteiger partial charge < -0.3 is 9.84 Å². The van der Waals surface area contributed by atoms with Crippen molar-refractivity contribution in [2.24, 2.45) is 17.3 Å². The number of benzene rings is 1. The highest BCUT2D eigenvalue weighted by molar-refractivity contribution is 5.90. The molecule has 0 fully saturated rings. The number of carbonyl (C=O) groups is 1. The van der Waals surface area contributed by atoms with E-state index in [2.05, 4.69) is 32.1 Å². The van der Waals surface area contributed by atoms with Crippen molar-refractivity contribution in [2.75, 3.05) is 0 Å². The lowest BCUT2D eigenvalue weighted by atomic mass is 9.71. The molecule has 1 aromatic carbocycles. The Morgan fingerprint density at radius 2 is 1.79 bits per heavy atom. The maximum atomic E-state index is 12.5. The van der Waals surface area contributed by atoms with Gasteiger partial charge in [-0.15, -0.1) is 0 Å². The summed E-state index contributed by atoms with van der Waals surface area (Å²) in [6, 6.07) is 9.02. The lowest BCUT2D eigenvalue weighted by Gasteiger charge is -2.33. The molecule has 0 amide bonds. The SMILES string of the molecule is CC(C)C(O)C=C[C@@H](C)C1=CC=C2C(OC(=O)c3ccccc3)=CC=C[C@]21C. The quantitative estimate of drug-likeness (QED) is 0.536. The van der Waals surface area contributed by atoms with Crippen LogP contribution >= 0.6 is 0 Å². The molecule has 0 aliphatic heterocycles. The summed E-state index contributed by atoms with van der Waals surface area (Å²) < 4.78 is 5.73. The smallest absolute Gasteiger partial charge is 0.343 e. The molecule has 2 aliphatic carbocycles. The van der Waals surface area contributed by atoms with E-state index in [-0.39, 0.29) is 23.2 Å². The van der Waals surface area contributed by atoms with Crippen LogP contribution in [0.3, 0.4) is 0 Å². The lowest BCUT2D eigenvalue weighted by molar-refractivity contribution is 0.0627. The molecule has 3 rings (SSSR count). The monoisotopic (exact) mass is 376 g/mol. The van der Waals surface area contributed by atoms with Crippen LogP contribution in [0.1, 0.15) is 38.1 Å². The third-order valence-electron chi connectivity index (χ3n) is 5.51. The zero-order valence-electron chi connectivity index (χ0n) is 16.9. The molecule has 0 saturated carbocycles. The van der Waals surface area contributed by atoms with E-state index in [0.29, 0.717) is 11.3 Å². The highest BCUT2D eigenvalue weighted by atomic mass is 16.5. The van der Waals surface area contributed by atoms with Crippen LogP contribution in [0.4, 0.5) is 0 Å². The summed E-state index contributed by atoms with van der Waals surface area (Å²) in [5.41, 5.74) is 2.41. The minimum Gasteiger partial charge on any atom is -0.423 e. The number of hydrogen-bond acceptors (Lipinski definition) is 3. The Balaban J connectivity index is 1.76. The molecule has 0 aromatic heterocycles. The second-order valence-electron chi connectivity index (χ2n) is 7.96. The highest BCUT2D eigenvalue weighted by Gasteiger charge is 2.39. The van der Waals surface area contributed by atoms with Crippen molar-refractivity contribution in [2.45, 2.75) is 33.8 Å². The van der Waals surface area contributed by atoms with Gasteiger partial charge in [-0.05, 0) is 42.5 Å². The Morgan fingerprint density at radius 3 is 2.46 bits per heavy atom. The van der Waals surface area contributed by atoms with Gasteiger partial charge in [-0.1, -0.05) is 75.4 Å². The first-order chi connectivity index (χ1) is 13.3. The maximum Gasteiger partial charge on any atom is 0.343 e. The van der Waals surface area contributed by atoms with Crippen molar-refractivity contribution >= 4 is 5.97 Å². The van der Waals surface area contributed by atoms with Gasteiger partial charge in [0.2, 0.25) is 0 Å². The number of rotatable bonds is 6. The van der Waals surface area contributed by atoms with Crippen molar-refractivity contribution in [3.63, 3.8) is 0 Å². The maximum absolute atomic E-state index is 12.5. The van der Waals surface area contributed by atoms with Crippen LogP contribution in [0.2, 0.25) is 0 Å². The summed E-state index contributed by atoms with van der Waals surface area (Å²) in [6.45, 7) is 8.26. The van der Waals surface area contributed by atoms with Crippen LogP contribution in [0, 0.1) is 17.3 Å². The predicted molar refractivity (Wildman–Crippen MR) is 113 cm³/mol. The number of esters is 1. The highest BCUT2D eigenvalue weighted by Crippen LogP contribution is 2.50. The van der Waals surface area contributed by atoms with Gasteiger partial charge in [0.25, 0.3) is 0 Å². The number of allylic oxidation sites excluding steroid dienone is 8. The molecule has 0 saturated heterocycles. The van der Waals surface area contributed by atoms with Crippen LogP contribution in [0.25, 0.3) is 0 Å². The Labute approximate surface area is 167 Å². The minimum atomic E-state index is -0.450. The average molecular weight is 376 g/mol. The molecule has 2 aliphatic rings. The standard InChI is InChI=1S/C25H28O3/c1-17(2)22(26)15-12-18(3)20-13-14-21-23(11-8-16-25(20,21)4)28-24(27)19-9-6-5-7-10-19/h5-18,22,26H,1-4H3/t18-,22?,25+/m1/s1. The fourth-order valence-electron chi connectivity index (χ4n) is 3.67. The lowest BCUT2D eigenvalue weighted by Crippen LogP contribution is -2.25. The fraction of sp³-hybridized carbons (Fsp3) is 0.320. The van der Waals surface area contributed by atoms with Gasteiger partial charge in [0.05, 0.1) is 11.7 Å². The van der Waals surface area contributed by atoms with Crippen LogP contribution in [0.15, 0.2) is 89.8 Å². The Kier molecular flexibility index (Phi) is 5.85. The summed E-state index contributed by atoms with van der Waals surface area (Å²) in [5, 5.41) is 10.1. The summed E-state index contributed by atoms with van der Waals surface area (Å²) in [4.78, 5) is 12.5. The molecule has 0 heterocycles. The molecule has 3 heteroatoms. The molecule has 3 nitrogen and oxygen atoms in total. The van der Waals surface area contributed by atoms with Crippen LogP contribution in [0.5, 0.6) is 0 Å². The molecule has 1 aromatic rings. The second-order valence-corrected chi connectivity index (χ2v) is 7.96. The number of fused-ring (bicyclic) bond motifs is 1. The van der Waals surface area contributed by atoms with Crippen molar-refractivity contribution < 1.29 is 14.6 Å². The molecule has 3 atom stereocenters. The number of ether oxygens (including phenoxy) is 1. The Morgan fingerprint density at radius 1 is 1.07 bits per heavy atom.